The van der Waals surface area contributed by atoms with Crippen molar-refractivity contribution >= 4 is 57.1 Å². The highest BCUT2D eigenvalue weighted by molar-refractivity contribution is 8.03. The number of para-hydroxylation sites is 2. The molecule has 2 aromatic heterocycles. The average molecular weight is 457 g/mol. The minimum absolute atomic E-state index is 0.925. The lowest BCUT2D eigenvalue weighted by Crippen LogP contribution is -1.91. The van der Waals surface area contributed by atoms with E-state index in [-0.39, 0.29) is 0 Å². The van der Waals surface area contributed by atoms with E-state index >= 15 is 0 Å². The van der Waals surface area contributed by atoms with Gasteiger partial charge in [0.25, 0.3) is 0 Å². The predicted octanol–water partition coefficient (Wildman–Crippen LogP) is 7.95. The van der Waals surface area contributed by atoms with Gasteiger partial charge in [-0.25, -0.2) is 0 Å². The Bertz CT molecular complexity index is 1350. The molecule has 0 atom stereocenters. The highest BCUT2D eigenvalue weighted by Crippen LogP contribution is 2.44. The fourth-order valence-corrected chi connectivity index (χ4v) is 6.63. The molecule has 0 saturated carbocycles. The molecule has 0 amide bonds. The Morgan fingerprint density at radius 3 is 1.90 bits per heavy atom. The quantitative estimate of drug-likeness (QED) is 0.242. The Morgan fingerprint density at radius 2 is 1.23 bits per heavy atom. The number of aromatic nitrogens is 2. The van der Waals surface area contributed by atoms with Crippen LogP contribution in [0.15, 0.2) is 111 Å². The fourth-order valence-electron chi connectivity index (χ4n) is 3.51. The normalized spacial score (nSPS) is 11.3. The zero-order valence-corrected chi connectivity index (χ0v) is 19.4. The van der Waals surface area contributed by atoms with Gasteiger partial charge >= 0.3 is 0 Å². The maximum Gasteiger partial charge on any atom is 0.0714 e. The summed E-state index contributed by atoms with van der Waals surface area (Å²) in [6, 6.07) is 27.4. The SMILES string of the molecule is CSc1cnc2ccccc2c1Sc1cnc2ccccc2c1SCc1ccccc1. The summed E-state index contributed by atoms with van der Waals surface area (Å²) in [5.41, 5.74) is 3.38. The summed E-state index contributed by atoms with van der Waals surface area (Å²) in [7, 11) is 0. The lowest BCUT2D eigenvalue weighted by atomic mass is 10.2. The minimum Gasteiger partial charge on any atom is -0.255 e. The van der Waals surface area contributed by atoms with Crippen molar-refractivity contribution in [2.24, 2.45) is 0 Å². The summed E-state index contributed by atoms with van der Waals surface area (Å²) in [6.45, 7) is 0. The Labute approximate surface area is 194 Å². The fraction of sp³-hybridized carbons (Fsp3) is 0.0769. The van der Waals surface area contributed by atoms with E-state index in [9.17, 15) is 0 Å². The van der Waals surface area contributed by atoms with E-state index in [1.165, 1.54) is 35.9 Å². The van der Waals surface area contributed by atoms with Gasteiger partial charge in [0.2, 0.25) is 0 Å². The van der Waals surface area contributed by atoms with E-state index in [0.29, 0.717) is 0 Å². The van der Waals surface area contributed by atoms with Gasteiger partial charge in [-0.15, -0.1) is 23.5 Å². The standard InChI is InChI=1S/C26H20N2S3/c1-29-23-15-27-22-14-8-6-12-20(22)26(23)31-24-16-28-21-13-7-5-11-19(21)25(24)30-17-18-9-3-2-4-10-18/h2-16H,17H2,1H3. The van der Waals surface area contributed by atoms with Crippen molar-refractivity contribution in [2.45, 2.75) is 25.3 Å². The molecule has 3 aromatic carbocycles. The molecule has 0 radical (unpaired) electrons. The van der Waals surface area contributed by atoms with E-state index in [1.54, 1.807) is 23.5 Å². The van der Waals surface area contributed by atoms with Gasteiger partial charge in [0.15, 0.2) is 0 Å². The first kappa shape index (κ1) is 20.4. The molecule has 5 rings (SSSR count). The second-order valence-corrected chi connectivity index (χ2v) is 9.90. The smallest absolute Gasteiger partial charge is 0.0714 e. The number of hydrogen-bond donors (Lipinski definition) is 0. The zero-order valence-electron chi connectivity index (χ0n) is 17.0. The molecule has 0 bridgehead atoms. The topological polar surface area (TPSA) is 25.8 Å². The van der Waals surface area contributed by atoms with Gasteiger partial charge in [0.05, 0.1) is 11.0 Å². The number of benzene rings is 3. The minimum atomic E-state index is 0.925. The third-order valence-corrected chi connectivity index (χ3v) is 8.43. The zero-order chi connectivity index (χ0) is 21.0. The molecule has 152 valence electrons. The molecule has 0 N–H and O–H groups in total. The molecule has 0 unspecified atom stereocenters. The van der Waals surface area contributed by atoms with E-state index in [0.717, 1.165) is 16.8 Å². The monoisotopic (exact) mass is 456 g/mol. The first-order valence-electron chi connectivity index (χ1n) is 9.97. The van der Waals surface area contributed by atoms with Gasteiger partial charge in [-0.2, -0.15) is 0 Å². The first-order valence-corrected chi connectivity index (χ1v) is 13.0. The molecule has 2 nitrogen and oxygen atoms in total. The number of nitrogens with zero attached hydrogens (tertiary/aromatic N) is 2. The van der Waals surface area contributed by atoms with Gasteiger partial charge in [-0.3, -0.25) is 9.97 Å². The third-order valence-electron chi connectivity index (χ3n) is 5.04. The third kappa shape index (κ3) is 4.31. The van der Waals surface area contributed by atoms with Crippen LogP contribution in [0.25, 0.3) is 21.8 Å². The van der Waals surface area contributed by atoms with Crippen LogP contribution in [0.5, 0.6) is 0 Å². The van der Waals surface area contributed by atoms with Crippen LogP contribution in [-0.2, 0) is 5.75 Å². The Balaban J connectivity index is 1.61. The Hall–Kier alpha value is -2.47. The summed E-state index contributed by atoms with van der Waals surface area (Å²) in [5, 5.41) is 2.39. The molecule has 0 spiro atoms. The largest absolute Gasteiger partial charge is 0.255 e. The van der Waals surface area contributed by atoms with Gasteiger partial charge in [0.1, 0.15) is 0 Å². The van der Waals surface area contributed by atoms with Crippen molar-refractivity contribution in [2.75, 3.05) is 6.26 Å². The van der Waals surface area contributed by atoms with Crippen LogP contribution in [0.1, 0.15) is 5.56 Å². The predicted molar refractivity (Wildman–Crippen MR) is 135 cm³/mol. The Kier molecular flexibility index (Phi) is 6.16. The van der Waals surface area contributed by atoms with E-state index in [2.05, 4.69) is 84.0 Å². The van der Waals surface area contributed by atoms with E-state index in [1.807, 2.05) is 30.2 Å². The molecule has 5 heteroatoms. The lowest BCUT2D eigenvalue weighted by molar-refractivity contribution is 1.16. The molecule has 5 aromatic rings. The maximum absolute atomic E-state index is 4.77. The number of pyridine rings is 2. The maximum atomic E-state index is 4.77. The molecule has 31 heavy (non-hydrogen) atoms. The number of thioether (sulfide) groups is 2. The highest BCUT2D eigenvalue weighted by atomic mass is 32.2. The van der Waals surface area contributed by atoms with Crippen molar-refractivity contribution in [1.29, 1.82) is 0 Å². The molecular weight excluding hydrogens is 437 g/mol. The van der Waals surface area contributed by atoms with Crippen LogP contribution in [-0.4, -0.2) is 16.2 Å². The van der Waals surface area contributed by atoms with Gasteiger partial charge in [-0.1, -0.05) is 78.5 Å². The van der Waals surface area contributed by atoms with E-state index in [4.69, 9.17) is 4.98 Å². The second kappa shape index (κ2) is 9.35. The van der Waals surface area contributed by atoms with Crippen LogP contribution >= 0.6 is 35.3 Å². The summed E-state index contributed by atoms with van der Waals surface area (Å²) in [6.07, 6.45) is 6.12. The molecule has 0 aliphatic rings. The van der Waals surface area contributed by atoms with E-state index < -0.39 is 0 Å². The molecular formula is C26H20N2S3. The van der Waals surface area contributed by atoms with Gasteiger partial charge in [-0.05, 0) is 24.0 Å². The van der Waals surface area contributed by atoms with Crippen LogP contribution in [0.4, 0.5) is 0 Å². The number of fused-ring (bicyclic) bond motifs is 2. The van der Waals surface area contributed by atoms with Crippen LogP contribution in [0.3, 0.4) is 0 Å². The summed E-state index contributed by atoms with van der Waals surface area (Å²) in [4.78, 5) is 14.3. The summed E-state index contributed by atoms with van der Waals surface area (Å²) in [5.74, 6) is 0.925. The highest BCUT2D eigenvalue weighted by Gasteiger charge is 2.15. The van der Waals surface area contributed by atoms with Crippen molar-refractivity contribution in [3.8, 4) is 0 Å². The molecule has 0 fully saturated rings. The summed E-state index contributed by atoms with van der Waals surface area (Å²) >= 11 is 5.42. The molecule has 0 saturated heterocycles. The Morgan fingerprint density at radius 1 is 0.645 bits per heavy atom. The summed E-state index contributed by atoms with van der Waals surface area (Å²) < 4.78 is 0. The molecule has 0 aliphatic heterocycles. The molecule has 0 aliphatic carbocycles. The van der Waals surface area contributed by atoms with Crippen LogP contribution < -0.4 is 0 Å². The first-order chi connectivity index (χ1) is 15.3. The molecule has 2 heterocycles. The van der Waals surface area contributed by atoms with Crippen molar-refractivity contribution < 1.29 is 0 Å². The van der Waals surface area contributed by atoms with Crippen molar-refractivity contribution in [3.63, 3.8) is 0 Å². The van der Waals surface area contributed by atoms with Gasteiger partial charge in [0, 0.05) is 48.5 Å². The van der Waals surface area contributed by atoms with Gasteiger partial charge < -0.3 is 0 Å². The number of hydrogen-bond acceptors (Lipinski definition) is 5. The van der Waals surface area contributed by atoms with Crippen molar-refractivity contribution in [3.05, 3.63) is 96.8 Å². The van der Waals surface area contributed by atoms with Crippen LogP contribution in [0.2, 0.25) is 0 Å². The average Bonchev–Trinajstić information content (AvgIpc) is 2.84. The van der Waals surface area contributed by atoms with Crippen molar-refractivity contribution in [1.82, 2.24) is 9.97 Å². The van der Waals surface area contributed by atoms with Crippen LogP contribution in [0, 0.1) is 0 Å². The number of rotatable bonds is 6. The lowest BCUT2D eigenvalue weighted by Gasteiger charge is -2.15. The second-order valence-electron chi connectivity index (χ2n) is 7.02.